The van der Waals surface area contributed by atoms with Gasteiger partial charge in [-0.2, -0.15) is 0 Å². The largest absolute Gasteiger partial charge is 0.361 e. The van der Waals surface area contributed by atoms with Crippen LogP contribution in [0.25, 0.3) is 0 Å². The van der Waals surface area contributed by atoms with Crippen LogP contribution in [0.5, 0.6) is 0 Å². The van der Waals surface area contributed by atoms with Gasteiger partial charge in [0.25, 0.3) is 0 Å². The van der Waals surface area contributed by atoms with Crippen molar-refractivity contribution in [1.29, 1.82) is 0 Å². The summed E-state index contributed by atoms with van der Waals surface area (Å²) in [7, 11) is 2.17. The average molecular weight is 287 g/mol. The molecule has 1 aliphatic rings. The van der Waals surface area contributed by atoms with Crippen molar-refractivity contribution in [3.8, 4) is 0 Å². The summed E-state index contributed by atoms with van der Waals surface area (Å²) < 4.78 is 5.15. The van der Waals surface area contributed by atoms with Crippen molar-refractivity contribution >= 4 is 5.82 Å². The molecule has 3 heterocycles. The molecule has 3 rings (SSSR count). The Labute approximate surface area is 124 Å². The summed E-state index contributed by atoms with van der Waals surface area (Å²) in [6.45, 7) is 4.75. The van der Waals surface area contributed by atoms with Crippen LogP contribution in [-0.2, 0) is 6.54 Å². The molecule has 0 aromatic carbocycles. The number of aromatic nitrogens is 3. The first-order chi connectivity index (χ1) is 10.2. The maximum absolute atomic E-state index is 5.15. The quantitative estimate of drug-likeness (QED) is 0.930. The molecule has 0 radical (unpaired) electrons. The highest BCUT2D eigenvalue weighted by Gasteiger charge is 2.19. The van der Waals surface area contributed by atoms with Crippen molar-refractivity contribution in [2.75, 3.05) is 25.5 Å². The number of anilines is 1. The molecule has 112 valence electrons. The second kappa shape index (κ2) is 6.22. The smallest absolute Gasteiger partial charge is 0.156 e. The third-order valence-electron chi connectivity index (χ3n) is 3.93. The van der Waals surface area contributed by atoms with E-state index in [0.717, 1.165) is 48.9 Å². The summed E-state index contributed by atoms with van der Waals surface area (Å²) in [6.07, 6.45) is 6.02. The van der Waals surface area contributed by atoms with Gasteiger partial charge in [0.1, 0.15) is 5.82 Å². The first-order valence-electron chi connectivity index (χ1n) is 7.37. The summed E-state index contributed by atoms with van der Waals surface area (Å²) in [5, 5.41) is 7.05. The van der Waals surface area contributed by atoms with E-state index >= 15 is 0 Å². The molecule has 6 nitrogen and oxygen atoms in total. The lowest BCUT2D eigenvalue weighted by atomic mass is 9.94. The topological polar surface area (TPSA) is 67.1 Å². The van der Waals surface area contributed by atoms with Crippen LogP contribution in [0.4, 0.5) is 5.82 Å². The number of hydrogen-bond acceptors (Lipinski definition) is 6. The molecule has 0 unspecified atom stereocenters. The number of hydrogen-bond donors (Lipinski definition) is 1. The third-order valence-corrected chi connectivity index (χ3v) is 3.93. The first kappa shape index (κ1) is 14.0. The van der Waals surface area contributed by atoms with Crippen molar-refractivity contribution < 1.29 is 4.52 Å². The Morgan fingerprint density at radius 2 is 2.10 bits per heavy atom. The molecule has 1 fully saturated rings. The molecule has 0 atom stereocenters. The lowest BCUT2D eigenvalue weighted by Gasteiger charge is -2.28. The fraction of sp³-hybridized carbons (Fsp3) is 0.533. The molecule has 0 spiro atoms. The number of rotatable bonds is 4. The molecule has 21 heavy (non-hydrogen) atoms. The Hall–Kier alpha value is -1.95. The molecular formula is C15H21N5O. The number of aryl methyl sites for hydroxylation is 1. The SMILES string of the molecule is Cc1cc(CNc2cnc(C3CCN(C)CC3)cn2)on1. The van der Waals surface area contributed by atoms with Crippen LogP contribution in [0, 0.1) is 6.92 Å². The number of piperidine rings is 1. The predicted octanol–water partition coefficient (Wildman–Crippen LogP) is 2.19. The molecule has 0 amide bonds. The Balaban J connectivity index is 1.56. The molecule has 2 aromatic rings. The van der Waals surface area contributed by atoms with Crippen molar-refractivity contribution in [2.45, 2.75) is 32.2 Å². The lowest BCUT2D eigenvalue weighted by molar-refractivity contribution is 0.253. The lowest BCUT2D eigenvalue weighted by Crippen LogP contribution is -2.29. The number of nitrogens with one attached hydrogen (secondary N) is 1. The van der Waals surface area contributed by atoms with E-state index in [-0.39, 0.29) is 0 Å². The zero-order chi connectivity index (χ0) is 14.7. The van der Waals surface area contributed by atoms with Gasteiger partial charge in [-0.25, -0.2) is 4.98 Å². The van der Waals surface area contributed by atoms with E-state index in [1.165, 1.54) is 0 Å². The number of likely N-dealkylation sites (tertiary alicyclic amines) is 1. The minimum atomic E-state index is 0.541. The minimum absolute atomic E-state index is 0.541. The molecule has 1 saturated heterocycles. The van der Waals surface area contributed by atoms with Gasteiger partial charge < -0.3 is 14.7 Å². The van der Waals surface area contributed by atoms with Crippen LogP contribution in [-0.4, -0.2) is 40.2 Å². The highest BCUT2D eigenvalue weighted by Crippen LogP contribution is 2.25. The van der Waals surface area contributed by atoms with Gasteiger partial charge in [0.05, 0.1) is 30.3 Å². The molecule has 1 aliphatic heterocycles. The molecule has 0 aliphatic carbocycles. The highest BCUT2D eigenvalue weighted by atomic mass is 16.5. The van der Waals surface area contributed by atoms with Crippen molar-refractivity contribution in [3.05, 3.63) is 35.6 Å². The summed E-state index contributed by atoms with van der Waals surface area (Å²) in [6, 6.07) is 1.91. The molecule has 6 heteroatoms. The fourth-order valence-electron chi connectivity index (χ4n) is 2.62. The second-order valence-electron chi connectivity index (χ2n) is 5.69. The van der Waals surface area contributed by atoms with Gasteiger partial charge in [0, 0.05) is 12.0 Å². The van der Waals surface area contributed by atoms with Crippen LogP contribution in [0.2, 0.25) is 0 Å². The summed E-state index contributed by atoms with van der Waals surface area (Å²) >= 11 is 0. The van der Waals surface area contributed by atoms with Gasteiger partial charge in [-0.05, 0) is 39.9 Å². The summed E-state index contributed by atoms with van der Waals surface area (Å²) in [5.41, 5.74) is 1.99. The standard InChI is InChI=1S/C15H21N5O/c1-11-7-13(21-19-11)8-17-15-10-16-14(9-18-15)12-3-5-20(2)6-4-12/h7,9-10,12H,3-6,8H2,1-2H3,(H,17,18). The maximum Gasteiger partial charge on any atom is 0.156 e. The van der Waals surface area contributed by atoms with Gasteiger partial charge >= 0.3 is 0 Å². The third kappa shape index (κ3) is 3.58. The monoisotopic (exact) mass is 287 g/mol. The Bertz CT molecular complexity index is 572. The molecule has 0 saturated carbocycles. The molecule has 1 N–H and O–H groups in total. The Morgan fingerprint density at radius 3 is 2.71 bits per heavy atom. The van der Waals surface area contributed by atoms with E-state index in [1.807, 2.05) is 19.2 Å². The van der Waals surface area contributed by atoms with Crippen molar-refractivity contribution in [1.82, 2.24) is 20.0 Å². The van der Waals surface area contributed by atoms with Crippen LogP contribution >= 0.6 is 0 Å². The van der Waals surface area contributed by atoms with E-state index in [2.05, 4.69) is 32.4 Å². The zero-order valence-corrected chi connectivity index (χ0v) is 12.5. The van der Waals surface area contributed by atoms with E-state index in [9.17, 15) is 0 Å². The van der Waals surface area contributed by atoms with Crippen LogP contribution in [0.1, 0.15) is 35.9 Å². The zero-order valence-electron chi connectivity index (χ0n) is 12.5. The van der Waals surface area contributed by atoms with E-state index < -0.39 is 0 Å². The molecule has 2 aromatic heterocycles. The van der Waals surface area contributed by atoms with Gasteiger partial charge in [-0.3, -0.25) is 4.98 Å². The minimum Gasteiger partial charge on any atom is -0.361 e. The Morgan fingerprint density at radius 1 is 1.29 bits per heavy atom. The van der Waals surface area contributed by atoms with Gasteiger partial charge in [-0.1, -0.05) is 5.16 Å². The molecular weight excluding hydrogens is 266 g/mol. The van der Waals surface area contributed by atoms with Crippen molar-refractivity contribution in [2.24, 2.45) is 0 Å². The van der Waals surface area contributed by atoms with Gasteiger partial charge in [-0.15, -0.1) is 0 Å². The second-order valence-corrected chi connectivity index (χ2v) is 5.69. The van der Waals surface area contributed by atoms with Crippen LogP contribution < -0.4 is 5.32 Å². The first-order valence-corrected chi connectivity index (χ1v) is 7.37. The van der Waals surface area contributed by atoms with Gasteiger partial charge in [0.15, 0.2) is 5.76 Å². The van der Waals surface area contributed by atoms with E-state index in [1.54, 1.807) is 6.20 Å². The summed E-state index contributed by atoms with van der Waals surface area (Å²) in [5.74, 6) is 2.11. The summed E-state index contributed by atoms with van der Waals surface area (Å²) in [4.78, 5) is 11.4. The normalized spacial score (nSPS) is 17.0. The number of nitrogens with zero attached hydrogens (tertiary/aromatic N) is 4. The van der Waals surface area contributed by atoms with Gasteiger partial charge in [0.2, 0.25) is 0 Å². The molecule has 0 bridgehead atoms. The van der Waals surface area contributed by atoms with Crippen LogP contribution in [0.3, 0.4) is 0 Å². The van der Waals surface area contributed by atoms with E-state index in [0.29, 0.717) is 12.5 Å². The van der Waals surface area contributed by atoms with Crippen LogP contribution in [0.15, 0.2) is 23.0 Å². The maximum atomic E-state index is 5.15. The Kier molecular flexibility index (Phi) is 4.15. The fourth-order valence-corrected chi connectivity index (χ4v) is 2.62. The predicted molar refractivity (Wildman–Crippen MR) is 80.1 cm³/mol. The average Bonchev–Trinajstić information content (AvgIpc) is 2.92. The van der Waals surface area contributed by atoms with E-state index in [4.69, 9.17) is 4.52 Å². The highest BCUT2D eigenvalue weighted by molar-refractivity contribution is 5.32. The van der Waals surface area contributed by atoms with Crippen molar-refractivity contribution in [3.63, 3.8) is 0 Å².